The number of likely N-dealkylation sites (tertiary alicyclic amines) is 1. The number of nitrogens with zero attached hydrogens (tertiary/aromatic N) is 2. The Bertz CT molecular complexity index is 831. The molecule has 0 radical (unpaired) electrons. The van der Waals surface area contributed by atoms with Crippen LogP contribution in [0.3, 0.4) is 0 Å². The number of carbonyl (C=O) groups is 4. The van der Waals surface area contributed by atoms with Crippen LogP contribution in [0.5, 0.6) is 5.75 Å². The van der Waals surface area contributed by atoms with E-state index in [0.29, 0.717) is 24.4 Å². The highest BCUT2D eigenvalue weighted by molar-refractivity contribution is 8.18. The number of para-hydroxylation sites is 1. The molecule has 0 bridgehead atoms. The Balaban J connectivity index is 1.72. The number of thioether (sulfide) groups is 1. The highest BCUT2D eigenvalue weighted by Crippen LogP contribution is 2.34. The highest BCUT2D eigenvalue weighted by Gasteiger charge is 2.37. The molecule has 0 aromatic heterocycles. The van der Waals surface area contributed by atoms with E-state index in [-0.39, 0.29) is 17.4 Å². The molecule has 1 aromatic rings. The molecule has 2 aliphatic rings. The van der Waals surface area contributed by atoms with Crippen LogP contribution in [0.25, 0.3) is 6.08 Å². The fourth-order valence-corrected chi connectivity index (χ4v) is 3.86. The minimum Gasteiger partial charge on any atom is -0.481 e. The molecule has 3 amide bonds. The number of ether oxygens (including phenoxy) is 1. The number of piperidine rings is 1. The number of hydrogen-bond donors (Lipinski definition) is 1. The number of rotatable bonds is 6. The molecule has 0 unspecified atom stereocenters. The van der Waals surface area contributed by atoms with Gasteiger partial charge in [-0.05, 0) is 43.2 Å². The van der Waals surface area contributed by atoms with Gasteiger partial charge >= 0.3 is 5.97 Å². The SMILES string of the molecule is O=C(O)COc1ccccc1/C=C1\SC(=O)N(CC(=O)N2CCCCC2)C1=O. The van der Waals surface area contributed by atoms with Gasteiger partial charge in [0.15, 0.2) is 6.61 Å². The monoisotopic (exact) mass is 404 g/mol. The van der Waals surface area contributed by atoms with E-state index in [0.717, 1.165) is 35.9 Å². The zero-order valence-electron chi connectivity index (χ0n) is 15.1. The minimum absolute atomic E-state index is 0.169. The molecule has 2 fully saturated rings. The summed E-state index contributed by atoms with van der Waals surface area (Å²) in [7, 11) is 0. The molecule has 0 spiro atoms. The van der Waals surface area contributed by atoms with E-state index in [1.807, 2.05) is 0 Å². The fourth-order valence-electron chi connectivity index (χ4n) is 3.03. The topological polar surface area (TPSA) is 104 Å². The molecule has 1 N–H and O–H groups in total. The van der Waals surface area contributed by atoms with Crippen molar-refractivity contribution in [1.82, 2.24) is 9.80 Å². The Kier molecular flexibility index (Phi) is 6.35. The molecule has 2 aliphatic heterocycles. The lowest BCUT2D eigenvalue weighted by Crippen LogP contribution is -2.44. The van der Waals surface area contributed by atoms with E-state index >= 15 is 0 Å². The summed E-state index contributed by atoms with van der Waals surface area (Å²) in [6.07, 6.45) is 4.42. The van der Waals surface area contributed by atoms with Crippen molar-refractivity contribution in [3.63, 3.8) is 0 Å². The third kappa shape index (κ3) is 4.72. The van der Waals surface area contributed by atoms with Gasteiger partial charge in [-0.15, -0.1) is 0 Å². The molecule has 2 heterocycles. The summed E-state index contributed by atoms with van der Waals surface area (Å²) in [5.41, 5.74) is 0.483. The van der Waals surface area contributed by atoms with Gasteiger partial charge in [0, 0.05) is 18.7 Å². The molecular weight excluding hydrogens is 384 g/mol. The second-order valence-electron chi connectivity index (χ2n) is 6.43. The van der Waals surface area contributed by atoms with Gasteiger partial charge in [-0.3, -0.25) is 19.3 Å². The molecule has 0 atom stereocenters. The van der Waals surface area contributed by atoms with Crippen LogP contribution in [0.15, 0.2) is 29.2 Å². The lowest BCUT2D eigenvalue weighted by molar-refractivity contribution is -0.139. The highest BCUT2D eigenvalue weighted by atomic mass is 32.2. The predicted octanol–water partition coefficient (Wildman–Crippen LogP) is 2.20. The van der Waals surface area contributed by atoms with Crippen LogP contribution < -0.4 is 4.74 Å². The Morgan fingerprint density at radius 2 is 1.86 bits per heavy atom. The molecule has 0 saturated carbocycles. The number of carboxylic acids is 1. The van der Waals surface area contributed by atoms with Crippen molar-refractivity contribution >= 4 is 40.9 Å². The van der Waals surface area contributed by atoms with Crippen molar-refractivity contribution in [1.29, 1.82) is 0 Å². The molecule has 3 rings (SSSR count). The smallest absolute Gasteiger partial charge is 0.341 e. The normalized spacial score (nSPS) is 18.6. The van der Waals surface area contributed by atoms with Crippen molar-refractivity contribution in [2.24, 2.45) is 0 Å². The van der Waals surface area contributed by atoms with Crippen LogP contribution in [0.2, 0.25) is 0 Å². The Labute approximate surface area is 166 Å². The summed E-state index contributed by atoms with van der Waals surface area (Å²) in [4.78, 5) is 50.8. The Hall–Kier alpha value is -2.81. The summed E-state index contributed by atoms with van der Waals surface area (Å²) in [6, 6.07) is 6.63. The summed E-state index contributed by atoms with van der Waals surface area (Å²) in [5, 5.41) is 8.27. The van der Waals surface area contributed by atoms with Crippen molar-refractivity contribution in [2.45, 2.75) is 19.3 Å². The average Bonchev–Trinajstić information content (AvgIpc) is 2.95. The predicted molar refractivity (Wildman–Crippen MR) is 103 cm³/mol. The van der Waals surface area contributed by atoms with Gasteiger partial charge < -0.3 is 14.7 Å². The van der Waals surface area contributed by atoms with E-state index in [9.17, 15) is 19.2 Å². The number of amides is 3. The van der Waals surface area contributed by atoms with Gasteiger partial charge in [0.05, 0.1) is 4.91 Å². The maximum absolute atomic E-state index is 12.6. The first-order valence-corrected chi connectivity index (χ1v) is 9.74. The van der Waals surface area contributed by atoms with Gasteiger partial charge in [-0.25, -0.2) is 4.79 Å². The quantitative estimate of drug-likeness (QED) is 0.725. The number of carboxylic acid groups (broad SMARTS) is 1. The lowest BCUT2D eigenvalue weighted by Gasteiger charge is -2.27. The van der Waals surface area contributed by atoms with E-state index in [2.05, 4.69) is 0 Å². The first-order chi connectivity index (χ1) is 13.5. The van der Waals surface area contributed by atoms with Crippen LogP contribution >= 0.6 is 11.8 Å². The zero-order valence-corrected chi connectivity index (χ0v) is 15.9. The second kappa shape index (κ2) is 8.92. The largest absolute Gasteiger partial charge is 0.481 e. The van der Waals surface area contributed by atoms with Gasteiger partial charge in [0.1, 0.15) is 12.3 Å². The molecule has 2 saturated heterocycles. The average molecular weight is 404 g/mol. The Morgan fingerprint density at radius 1 is 1.14 bits per heavy atom. The van der Waals surface area contributed by atoms with E-state index in [4.69, 9.17) is 9.84 Å². The van der Waals surface area contributed by atoms with Gasteiger partial charge in [-0.2, -0.15) is 0 Å². The van der Waals surface area contributed by atoms with Gasteiger partial charge in [0.25, 0.3) is 11.1 Å². The number of aliphatic carboxylic acids is 1. The zero-order chi connectivity index (χ0) is 20.1. The summed E-state index contributed by atoms with van der Waals surface area (Å²) >= 11 is 0.754. The molecule has 148 valence electrons. The van der Waals surface area contributed by atoms with Crippen molar-refractivity contribution < 1.29 is 29.0 Å². The van der Waals surface area contributed by atoms with Gasteiger partial charge in [0.2, 0.25) is 5.91 Å². The van der Waals surface area contributed by atoms with E-state index in [1.165, 1.54) is 6.08 Å². The molecular formula is C19H20N2O6S. The van der Waals surface area contributed by atoms with E-state index in [1.54, 1.807) is 29.2 Å². The molecule has 0 aliphatic carbocycles. The first-order valence-electron chi connectivity index (χ1n) is 8.92. The van der Waals surface area contributed by atoms with Gasteiger partial charge in [-0.1, -0.05) is 18.2 Å². The van der Waals surface area contributed by atoms with Crippen LogP contribution in [-0.2, 0) is 14.4 Å². The molecule has 9 heteroatoms. The van der Waals surface area contributed by atoms with Crippen LogP contribution in [-0.4, -0.2) is 64.2 Å². The third-order valence-electron chi connectivity index (χ3n) is 4.43. The fraction of sp³-hybridized carbons (Fsp3) is 0.368. The standard InChI is InChI=1S/C19H20N2O6S/c22-16(20-8-4-1-5-9-20)11-21-18(25)15(28-19(21)26)10-13-6-2-3-7-14(13)27-12-17(23)24/h2-3,6-7,10H,1,4-5,8-9,11-12H2,(H,23,24)/b15-10-. The van der Waals surface area contributed by atoms with E-state index < -0.39 is 23.7 Å². The Morgan fingerprint density at radius 3 is 2.57 bits per heavy atom. The lowest BCUT2D eigenvalue weighted by atomic mass is 10.1. The van der Waals surface area contributed by atoms with Crippen LogP contribution in [0.1, 0.15) is 24.8 Å². The number of hydrogen-bond acceptors (Lipinski definition) is 6. The first kappa shape index (κ1) is 19.9. The molecule has 8 nitrogen and oxygen atoms in total. The molecule has 28 heavy (non-hydrogen) atoms. The summed E-state index contributed by atoms with van der Waals surface area (Å²) < 4.78 is 5.22. The van der Waals surface area contributed by atoms with Crippen molar-refractivity contribution in [2.75, 3.05) is 26.2 Å². The molecule has 1 aromatic carbocycles. The number of imide groups is 1. The van der Waals surface area contributed by atoms with Crippen molar-refractivity contribution in [3.05, 3.63) is 34.7 Å². The second-order valence-corrected chi connectivity index (χ2v) is 7.42. The number of benzene rings is 1. The number of carbonyl (C=O) groups excluding carboxylic acids is 3. The third-order valence-corrected chi connectivity index (χ3v) is 5.34. The minimum atomic E-state index is -1.12. The summed E-state index contributed by atoms with van der Waals surface area (Å²) in [5.74, 6) is -1.59. The maximum atomic E-state index is 12.6. The van der Waals surface area contributed by atoms with Crippen LogP contribution in [0, 0.1) is 0 Å². The maximum Gasteiger partial charge on any atom is 0.341 e. The summed E-state index contributed by atoms with van der Waals surface area (Å²) in [6.45, 7) is 0.522. The van der Waals surface area contributed by atoms with Crippen molar-refractivity contribution in [3.8, 4) is 5.75 Å². The van der Waals surface area contributed by atoms with Crippen LogP contribution in [0.4, 0.5) is 4.79 Å².